The fourth-order valence-electron chi connectivity index (χ4n) is 2.85. The van der Waals surface area contributed by atoms with Gasteiger partial charge in [0.05, 0.1) is 5.39 Å². The molecule has 0 fully saturated rings. The molecule has 5 nitrogen and oxygen atoms in total. The molecule has 2 heterocycles. The summed E-state index contributed by atoms with van der Waals surface area (Å²) in [7, 11) is 3.65. The van der Waals surface area contributed by atoms with Crippen molar-refractivity contribution < 1.29 is 9.15 Å². The number of pyridine rings is 1. The molecular weight excluding hydrogens is 340 g/mol. The quantitative estimate of drug-likeness (QED) is 0.529. The van der Waals surface area contributed by atoms with Gasteiger partial charge in [-0.1, -0.05) is 30.3 Å². The van der Waals surface area contributed by atoms with E-state index in [-0.39, 0.29) is 5.43 Å². The number of aromatic nitrogens is 1. The van der Waals surface area contributed by atoms with Gasteiger partial charge in [-0.15, -0.1) is 0 Å². The fourth-order valence-corrected chi connectivity index (χ4v) is 2.85. The van der Waals surface area contributed by atoms with Gasteiger partial charge in [-0.2, -0.15) is 0 Å². The Morgan fingerprint density at radius 2 is 1.70 bits per heavy atom. The lowest BCUT2D eigenvalue weighted by Crippen LogP contribution is -2.12. The number of anilines is 1. The van der Waals surface area contributed by atoms with Gasteiger partial charge in [-0.25, -0.2) is 0 Å². The van der Waals surface area contributed by atoms with Crippen LogP contribution in [0, 0.1) is 0 Å². The molecule has 0 spiro atoms. The van der Waals surface area contributed by atoms with E-state index in [9.17, 15) is 4.79 Å². The number of hydrogen-bond acceptors (Lipinski definition) is 5. The molecule has 0 atom stereocenters. The number of benzene rings is 2. The zero-order valence-corrected chi connectivity index (χ0v) is 15.0. The molecule has 0 saturated carbocycles. The van der Waals surface area contributed by atoms with E-state index in [1.165, 1.54) is 6.07 Å². The molecule has 5 heteroatoms. The van der Waals surface area contributed by atoms with Gasteiger partial charge >= 0.3 is 0 Å². The summed E-state index contributed by atoms with van der Waals surface area (Å²) in [6.45, 7) is 0. The summed E-state index contributed by atoms with van der Waals surface area (Å²) in [4.78, 5) is 18.8. The Hall–Kier alpha value is -3.60. The average Bonchev–Trinajstić information content (AvgIpc) is 2.69. The molecule has 0 radical (unpaired) electrons. The Balaban J connectivity index is 1.92. The second-order valence-corrected chi connectivity index (χ2v) is 6.29. The van der Waals surface area contributed by atoms with Gasteiger partial charge in [0.25, 0.3) is 0 Å². The van der Waals surface area contributed by atoms with Crippen LogP contribution in [0.3, 0.4) is 0 Å². The number of rotatable bonds is 4. The van der Waals surface area contributed by atoms with Crippen molar-refractivity contribution in [1.29, 1.82) is 0 Å². The third kappa shape index (κ3) is 3.27. The van der Waals surface area contributed by atoms with Gasteiger partial charge in [0, 0.05) is 31.9 Å². The zero-order chi connectivity index (χ0) is 18.8. The molecule has 0 saturated heterocycles. The highest BCUT2D eigenvalue weighted by Gasteiger charge is 2.16. The molecule has 2 aromatic heterocycles. The molecule has 134 valence electrons. The molecule has 0 N–H and O–H groups in total. The van der Waals surface area contributed by atoms with E-state index in [4.69, 9.17) is 9.15 Å². The van der Waals surface area contributed by atoms with Crippen LogP contribution in [0.1, 0.15) is 0 Å². The average molecular weight is 358 g/mol. The Bertz CT molecular complexity index is 1150. The van der Waals surface area contributed by atoms with Crippen molar-refractivity contribution in [2.24, 2.45) is 0 Å². The highest BCUT2D eigenvalue weighted by molar-refractivity contribution is 5.91. The van der Waals surface area contributed by atoms with Crippen LogP contribution in [0.15, 0.2) is 82.1 Å². The number of nitrogens with zero attached hydrogens (tertiary/aromatic N) is 2. The van der Waals surface area contributed by atoms with E-state index >= 15 is 0 Å². The summed E-state index contributed by atoms with van der Waals surface area (Å²) in [6.07, 6.45) is 1.61. The fraction of sp³-hybridized carbons (Fsp3) is 0.0909. The predicted molar refractivity (Wildman–Crippen MR) is 107 cm³/mol. The first-order valence-electron chi connectivity index (χ1n) is 8.56. The van der Waals surface area contributed by atoms with Crippen molar-refractivity contribution in [1.82, 2.24) is 4.98 Å². The minimum atomic E-state index is -0.106. The summed E-state index contributed by atoms with van der Waals surface area (Å²) in [6, 6.07) is 20.3. The second kappa shape index (κ2) is 6.96. The molecule has 0 unspecified atom stereocenters. The zero-order valence-electron chi connectivity index (χ0n) is 15.0. The maximum absolute atomic E-state index is 12.5. The van der Waals surface area contributed by atoms with E-state index < -0.39 is 0 Å². The number of para-hydroxylation sites is 2. The van der Waals surface area contributed by atoms with E-state index in [1.54, 1.807) is 17.2 Å². The van der Waals surface area contributed by atoms with Crippen LogP contribution in [0.25, 0.3) is 22.2 Å². The van der Waals surface area contributed by atoms with Crippen LogP contribution in [-0.4, -0.2) is 19.1 Å². The number of ether oxygens (including phenoxy) is 1. The van der Waals surface area contributed by atoms with Crippen LogP contribution < -0.4 is 15.1 Å². The van der Waals surface area contributed by atoms with Crippen molar-refractivity contribution in [2.45, 2.75) is 0 Å². The van der Waals surface area contributed by atoms with Gasteiger partial charge in [0.2, 0.25) is 0 Å². The van der Waals surface area contributed by atoms with Gasteiger partial charge < -0.3 is 14.1 Å². The van der Waals surface area contributed by atoms with Gasteiger partial charge in [0.1, 0.15) is 17.2 Å². The molecule has 27 heavy (non-hydrogen) atoms. The Morgan fingerprint density at radius 1 is 0.963 bits per heavy atom. The van der Waals surface area contributed by atoms with Crippen molar-refractivity contribution in [3.63, 3.8) is 0 Å². The first-order chi connectivity index (χ1) is 13.1. The highest BCUT2D eigenvalue weighted by atomic mass is 16.5. The van der Waals surface area contributed by atoms with E-state index in [0.717, 1.165) is 11.3 Å². The number of fused-ring (bicyclic) bond motifs is 1. The maximum Gasteiger partial charge on any atom is 0.199 e. The van der Waals surface area contributed by atoms with Gasteiger partial charge in [-0.05, 0) is 30.3 Å². The Kier molecular flexibility index (Phi) is 4.34. The van der Waals surface area contributed by atoms with E-state index in [1.807, 2.05) is 68.7 Å². The van der Waals surface area contributed by atoms with Crippen LogP contribution >= 0.6 is 0 Å². The van der Waals surface area contributed by atoms with Crippen LogP contribution in [0.2, 0.25) is 0 Å². The van der Waals surface area contributed by atoms with E-state index in [0.29, 0.717) is 28.3 Å². The Morgan fingerprint density at radius 3 is 2.48 bits per heavy atom. The third-order valence-electron chi connectivity index (χ3n) is 4.19. The second-order valence-electron chi connectivity index (χ2n) is 6.29. The van der Waals surface area contributed by atoms with Gasteiger partial charge in [0.15, 0.2) is 16.9 Å². The largest absolute Gasteiger partial charge is 0.457 e. The normalized spacial score (nSPS) is 10.7. The summed E-state index contributed by atoms with van der Waals surface area (Å²) in [5.41, 5.74) is 1.66. The van der Waals surface area contributed by atoms with Crippen molar-refractivity contribution in [2.75, 3.05) is 19.0 Å². The summed E-state index contributed by atoms with van der Waals surface area (Å²) < 4.78 is 12.1. The maximum atomic E-state index is 12.5. The molecule has 0 bridgehead atoms. The minimum Gasteiger partial charge on any atom is -0.457 e. The molecule has 4 aromatic rings. The summed E-state index contributed by atoms with van der Waals surface area (Å²) in [5, 5.41) is 0.486. The molecule has 4 rings (SSSR count). The van der Waals surface area contributed by atoms with Crippen LogP contribution in [-0.2, 0) is 0 Å². The minimum absolute atomic E-state index is 0.106. The lowest BCUT2D eigenvalue weighted by molar-refractivity contribution is 0.484. The lowest BCUT2D eigenvalue weighted by atomic mass is 10.1. The monoisotopic (exact) mass is 358 g/mol. The standard InChI is InChI=1S/C22H18N2O3/c1-24(2)20-14-18(25)16-12-13-23-21(22(16)27-20)17-10-6-7-11-19(17)26-15-8-4-3-5-9-15/h3-14H,1-2H3. The first kappa shape index (κ1) is 16.8. The van der Waals surface area contributed by atoms with Gasteiger partial charge in [-0.3, -0.25) is 9.78 Å². The van der Waals surface area contributed by atoms with Crippen LogP contribution in [0.4, 0.5) is 5.88 Å². The first-order valence-corrected chi connectivity index (χ1v) is 8.56. The summed E-state index contributed by atoms with van der Waals surface area (Å²) in [5.74, 6) is 1.84. The topological polar surface area (TPSA) is 55.6 Å². The predicted octanol–water partition coefficient (Wildman–Crippen LogP) is 4.71. The van der Waals surface area contributed by atoms with E-state index in [2.05, 4.69) is 4.98 Å². The molecular formula is C22H18N2O3. The highest BCUT2D eigenvalue weighted by Crippen LogP contribution is 2.35. The van der Waals surface area contributed by atoms with Crippen LogP contribution in [0.5, 0.6) is 11.5 Å². The smallest absolute Gasteiger partial charge is 0.199 e. The molecule has 2 aromatic carbocycles. The number of hydrogen-bond donors (Lipinski definition) is 0. The molecule has 0 aliphatic heterocycles. The lowest BCUT2D eigenvalue weighted by Gasteiger charge is -2.14. The van der Waals surface area contributed by atoms with Crippen molar-refractivity contribution >= 4 is 16.9 Å². The third-order valence-corrected chi connectivity index (χ3v) is 4.19. The van der Waals surface area contributed by atoms with Crippen molar-refractivity contribution in [3.8, 4) is 22.8 Å². The van der Waals surface area contributed by atoms with Crippen molar-refractivity contribution in [3.05, 3.63) is 83.2 Å². The molecule has 0 aliphatic rings. The summed E-state index contributed by atoms with van der Waals surface area (Å²) >= 11 is 0. The molecule has 0 amide bonds. The SMILES string of the molecule is CN(C)c1cc(=O)c2ccnc(-c3ccccc3Oc3ccccc3)c2o1. The molecule has 0 aliphatic carbocycles. The Labute approximate surface area is 156 Å².